The molecule has 0 spiro atoms. The van der Waals surface area contributed by atoms with E-state index in [4.69, 9.17) is 5.11 Å². The van der Waals surface area contributed by atoms with Gasteiger partial charge in [0.2, 0.25) is 0 Å². The summed E-state index contributed by atoms with van der Waals surface area (Å²) in [5.41, 5.74) is 1.01. The quantitative estimate of drug-likeness (QED) is 0.710. The van der Waals surface area contributed by atoms with E-state index >= 15 is 0 Å². The standard InChI is InChI=1S/C12H17NO3/c1-2-11(14)10(13-12(15)16)8-9-6-4-3-5-7-9/h3-7,10-11,13-14H,2,8H2,1H3,(H,15,16)/t10-,11+/m0/s1. The Hall–Kier alpha value is -1.55. The molecule has 0 aromatic heterocycles. The predicted octanol–water partition coefficient (Wildman–Crippen LogP) is 1.64. The van der Waals surface area contributed by atoms with Crippen LogP contribution in [0.5, 0.6) is 0 Å². The van der Waals surface area contributed by atoms with Gasteiger partial charge in [-0.3, -0.25) is 0 Å². The third kappa shape index (κ3) is 3.90. The van der Waals surface area contributed by atoms with Gasteiger partial charge in [-0.05, 0) is 18.4 Å². The molecule has 0 aliphatic carbocycles. The van der Waals surface area contributed by atoms with Gasteiger partial charge in [-0.1, -0.05) is 37.3 Å². The van der Waals surface area contributed by atoms with Crippen molar-refractivity contribution in [2.75, 3.05) is 0 Å². The lowest BCUT2D eigenvalue weighted by atomic mass is 10.00. The summed E-state index contributed by atoms with van der Waals surface area (Å²) in [5, 5.41) is 20.7. The fraction of sp³-hybridized carbons (Fsp3) is 0.417. The molecule has 1 amide bonds. The highest BCUT2D eigenvalue weighted by molar-refractivity contribution is 5.65. The van der Waals surface area contributed by atoms with E-state index in [2.05, 4.69) is 5.32 Å². The second kappa shape index (κ2) is 6.12. The average molecular weight is 223 g/mol. The normalized spacial score (nSPS) is 14.1. The van der Waals surface area contributed by atoms with Crippen LogP contribution >= 0.6 is 0 Å². The maximum absolute atomic E-state index is 10.6. The van der Waals surface area contributed by atoms with Crippen LogP contribution in [0.2, 0.25) is 0 Å². The molecule has 0 fully saturated rings. The van der Waals surface area contributed by atoms with E-state index in [0.29, 0.717) is 12.8 Å². The molecule has 1 aromatic carbocycles. The summed E-state index contributed by atoms with van der Waals surface area (Å²) < 4.78 is 0. The molecule has 0 saturated carbocycles. The fourth-order valence-electron chi connectivity index (χ4n) is 1.59. The molecule has 3 N–H and O–H groups in total. The third-order valence-electron chi connectivity index (χ3n) is 2.49. The van der Waals surface area contributed by atoms with E-state index in [1.54, 1.807) is 0 Å². The molecule has 16 heavy (non-hydrogen) atoms. The summed E-state index contributed by atoms with van der Waals surface area (Å²) in [6.45, 7) is 1.83. The first-order chi connectivity index (χ1) is 7.63. The van der Waals surface area contributed by atoms with Crippen LogP contribution < -0.4 is 5.32 Å². The second-order valence-corrected chi connectivity index (χ2v) is 3.72. The molecule has 0 heterocycles. The van der Waals surface area contributed by atoms with Crippen molar-refractivity contribution in [1.29, 1.82) is 0 Å². The van der Waals surface area contributed by atoms with Gasteiger partial charge in [-0.15, -0.1) is 0 Å². The summed E-state index contributed by atoms with van der Waals surface area (Å²) >= 11 is 0. The molecule has 1 aromatic rings. The molecule has 1 rings (SSSR count). The highest BCUT2D eigenvalue weighted by atomic mass is 16.4. The number of carboxylic acid groups (broad SMARTS) is 1. The van der Waals surface area contributed by atoms with Crippen LogP contribution in [0.25, 0.3) is 0 Å². The van der Waals surface area contributed by atoms with E-state index in [-0.39, 0.29) is 0 Å². The summed E-state index contributed by atoms with van der Waals surface area (Å²) in [6, 6.07) is 9.07. The van der Waals surface area contributed by atoms with Crippen LogP contribution in [0.3, 0.4) is 0 Å². The van der Waals surface area contributed by atoms with Gasteiger partial charge in [0.25, 0.3) is 0 Å². The monoisotopic (exact) mass is 223 g/mol. The molecule has 0 bridgehead atoms. The molecule has 4 nitrogen and oxygen atoms in total. The number of hydrogen-bond donors (Lipinski definition) is 3. The highest BCUT2D eigenvalue weighted by Gasteiger charge is 2.19. The van der Waals surface area contributed by atoms with Gasteiger partial charge >= 0.3 is 6.09 Å². The third-order valence-corrected chi connectivity index (χ3v) is 2.49. The van der Waals surface area contributed by atoms with Gasteiger partial charge in [-0.25, -0.2) is 4.79 Å². The number of hydrogen-bond acceptors (Lipinski definition) is 2. The first kappa shape index (κ1) is 12.5. The number of aliphatic hydroxyl groups is 1. The van der Waals surface area contributed by atoms with Crippen molar-refractivity contribution < 1.29 is 15.0 Å². The Morgan fingerprint density at radius 2 is 2.00 bits per heavy atom. The molecule has 2 atom stereocenters. The Labute approximate surface area is 94.9 Å². The number of amides is 1. The Morgan fingerprint density at radius 1 is 1.38 bits per heavy atom. The van der Waals surface area contributed by atoms with Crippen molar-refractivity contribution in [1.82, 2.24) is 5.32 Å². The second-order valence-electron chi connectivity index (χ2n) is 3.72. The average Bonchev–Trinajstić information content (AvgIpc) is 2.28. The predicted molar refractivity (Wildman–Crippen MR) is 61.4 cm³/mol. The number of carbonyl (C=O) groups is 1. The molecule has 0 aliphatic heterocycles. The van der Waals surface area contributed by atoms with E-state index in [1.807, 2.05) is 37.3 Å². The smallest absolute Gasteiger partial charge is 0.404 e. The Bertz CT molecular complexity index is 326. The number of aliphatic hydroxyl groups excluding tert-OH is 1. The van der Waals surface area contributed by atoms with E-state index in [0.717, 1.165) is 5.56 Å². The lowest BCUT2D eigenvalue weighted by Gasteiger charge is -2.21. The molecule has 88 valence electrons. The summed E-state index contributed by atoms with van der Waals surface area (Å²) in [4.78, 5) is 10.6. The van der Waals surface area contributed by atoms with Crippen molar-refractivity contribution in [3.8, 4) is 0 Å². The van der Waals surface area contributed by atoms with Crippen LogP contribution in [0.4, 0.5) is 4.79 Å². The van der Waals surface area contributed by atoms with Gasteiger partial charge in [0, 0.05) is 0 Å². The van der Waals surface area contributed by atoms with Crippen molar-refractivity contribution in [2.24, 2.45) is 0 Å². The van der Waals surface area contributed by atoms with Crippen molar-refractivity contribution in [2.45, 2.75) is 31.9 Å². The van der Waals surface area contributed by atoms with E-state index < -0.39 is 18.2 Å². The maximum atomic E-state index is 10.6. The Kier molecular flexibility index (Phi) is 4.79. The minimum absolute atomic E-state index is 0.454. The fourth-order valence-corrected chi connectivity index (χ4v) is 1.59. The molecule has 0 aliphatic rings. The highest BCUT2D eigenvalue weighted by Crippen LogP contribution is 2.08. The Morgan fingerprint density at radius 3 is 2.50 bits per heavy atom. The van der Waals surface area contributed by atoms with Gasteiger partial charge in [-0.2, -0.15) is 0 Å². The minimum Gasteiger partial charge on any atom is -0.465 e. The van der Waals surface area contributed by atoms with E-state index in [9.17, 15) is 9.90 Å². The van der Waals surface area contributed by atoms with Crippen LogP contribution in [-0.4, -0.2) is 28.5 Å². The lowest BCUT2D eigenvalue weighted by Crippen LogP contribution is -2.43. The molecular formula is C12H17NO3. The number of nitrogens with one attached hydrogen (secondary N) is 1. The van der Waals surface area contributed by atoms with Crippen molar-refractivity contribution >= 4 is 6.09 Å². The van der Waals surface area contributed by atoms with Crippen LogP contribution in [0.1, 0.15) is 18.9 Å². The van der Waals surface area contributed by atoms with Gasteiger partial charge < -0.3 is 15.5 Å². The number of benzene rings is 1. The van der Waals surface area contributed by atoms with Gasteiger partial charge in [0.1, 0.15) is 0 Å². The zero-order valence-electron chi connectivity index (χ0n) is 9.26. The first-order valence-corrected chi connectivity index (χ1v) is 5.35. The lowest BCUT2D eigenvalue weighted by molar-refractivity contribution is 0.116. The molecule has 0 radical (unpaired) electrons. The van der Waals surface area contributed by atoms with Crippen LogP contribution in [-0.2, 0) is 6.42 Å². The van der Waals surface area contributed by atoms with Crippen molar-refractivity contribution in [3.63, 3.8) is 0 Å². The topological polar surface area (TPSA) is 69.6 Å². The zero-order chi connectivity index (χ0) is 12.0. The molecule has 0 saturated heterocycles. The SMILES string of the molecule is CC[C@@H](O)[C@H](Cc1ccccc1)NC(=O)O. The van der Waals surface area contributed by atoms with E-state index in [1.165, 1.54) is 0 Å². The molecule has 4 heteroatoms. The Balaban J connectivity index is 2.67. The zero-order valence-corrected chi connectivity index (χ0v) is 9.26. The summed E-state index contributed by atoms with van der Waals surface area (Å²) in [5.74, 6) is 0. The molecule has 0 unspecified atom stereocenters. The molecular weight excluding hydrogens is 206 g/mol. The largest absolute Gasteiger partial charge is 0.465 e. The summed E-state index contributed by atoms with van der Waals surface area (Å²) in [6.07, 6.45) is -0.732. The number of rotatable bonds is 5. The first-order valence-electron chi connectivity index (χ1n) is 5.35. The minimum atomic E-state index is -1.10. The van der Waals surface area contributed by atoms with Gasteiger partial charge in [0.05, 0.1) is 12.1 Å². The van der Waals surface area contributed by atoms with Crippen molar-refractivity contribution in [3.05, 3.63) is 35.9 Å². The van der Waals surface area contributed by atoms with Gasteiger partial charge in [0.15, 0.2) is 0 Å². The van der Waals surface area contributed by atoms with Crippen LogP contribution in [0.15, 0.2) is 30.3 Å². The van der Waals surface area contributed by atoms with Crippen LogP contribution in [0, 0.1) is 0 Å². The summed E-state index contributed by atoms with van der Waals surface area (Å²) in [7, 11) is 0. The maximum Gasteiger partial charge on any atom is 0.404 e.